The average molecular weight is 293 g/mol. The van der Waals surface area contributed by atoms with Gasteiger partial charge in [-0.15, -0.1) is 0 Å². The standard InChI is InChI=1S/C18H19N3O/c1-13(11-12-14-7-3-2-4-8-14)19-18(22)17-15-9-5-6-10-16(15)20-21-17/h2-10,13H,11-12H2,1H3,(H,19,22)(H,20,21)/t13-/m0/s1. The first-order valence-electron chi connectivity index (χ1n) is 7.52. The van der Waals surface area contributed by atoms with Crippen molar-refractivity contribution < 1.29 is 4.79 Å². The second-order valence-electron chi connectivity index (χ2n) is 5.52. The van der Waals surface area contributed by atoms with Crippen LogP contribution in [0.3, 0.4) is 0 Å². The maximum Gasteiger partial charge on any atom is 0.272 e. The highest BCUT2D eigenvalue weighted by Gasteiger charge is 2.15. The van der Waals surface area contributed by atoms with Crippen molar-refractivity contribution in [2.24, 2.45) is 0 Å². The van der Waals surface area contributed by atoms with Crippen LogP contribution in [-0.4, -0.2) is 22.1 Å². The molecule has 0 radical (unpaired) electrons. The molecular formula is C18H19N3O. The van der Waals surface area contributed by atoms with Crippen molar-refractivity contribution >= 4 is 16.8 Å². The number of H-pyrrole nitrogens is 1. The number of para-hydroxylation sites is 1. The minimum absolute atomic E-state index is 0.100. The van der Waals surface area contributed by atoms with Gasteiger partial charge in [0.05, 0.1) is 5.52 Å². The van der Waals surface area contributed by atoms with Crippen LogP contribution >= 0.6 is 0 Å². The van der Waals surface area contributed by atoms with Crippen LogP contribution in [0.5, 0.6) is 0 Å². The molecule has 0 saturated carbocycles. The Kier molecular flexibility index (Phi) is 4.19. The zero-order valence-electron chi connectivity index (χ0n) is 12.5. The molecule has 2 N–H and O–H groups in total. The molecule has 0 saturated heterocycles. The number of aromatic nitrogens is 2. The highest BCUT2D eigenvalue weighted by Crippen LogP contribution is 2.15. The number of benzene rings is 2. The summed E-state index contributed by atoms with van der Waals surface area (Å²) in [5.74, 6) is -0.127. The van der Waals surface area contributed by atoms with Crippen molar-refractivity contribution in [1.82, 2.24) is 15.5 Å². The third kappa shape index (κ3) is 3.17. The number of carbonyl (C=O) groups is 1. The summed E-state index contributed by atoms with van der Waals surface area (Å²) in [4.78, 5) is 12.3. The van der Waals surface area contributed by atoms with Gasteiger partial charge in [-0.1, -0.05) is 48.5 Å². The Morgan fingerprint density at radius 1 is 1.14 bits per heavy atom. The van der Waals surface area contributed by atoms with Crippen molar-refractivity contribution in [3.8, 4) is 0 Å². The molecule has 4 heteroatoms. The number of carbonyl (C=O) groups excluding carboxylic acids is 1. The van der Waals surface area contributed by atoms with Crippen LogP contribution < -0.4 is 5.32 Å². The van der Waals surface area contributed by atoms with Gasteiger partial charge in [-0.2, -0.15) is 5.10 Å². The molecule has 0 aliphatic heterocycles. The van der Waals surface area contributed by atoms with E-state index in [1.54, 1.807) is 0 Å². The summed E-state index contributed by atoms with van der Waals surface area (Å²) < 4.78 is 0. The van der Waals surface area contributed by atoms with Crippen LogP contribution in [0.4, 0.5) is 0 Å². The van der Waals surface area contributed by atoms with Crippen molar-refractivity contribution in [2.75, 3.05) is 0 Å². The van der Waals surface area contributed by atoms with E-state index in [0.717, 1.165) is 23.7 Å². The maximum absolute atomic E-state index is 12.3. The van der Waals surface area contributed by atoms with Gasteiger partial charge in [-0.05, 0) is 31.4 Å². The number of rotatable bonds is 5. The number of aryl methyl sites for hydroxylation is 1. The van der Waals surface area contributed by atoms with E-state index in [4.69, 9.17) is 0 Å². The van der Waals surface area contributed by atoms with Gasteiger partial charge in [0.25, 0.3) is 5.91 Å². The highest BCUT2D eigenvalue weighted by atomic mass is 16.2. The summed E-state index contributed by atoms with van der Waals surface area (Å²) in [6, 6.07) is 18.0. The lowest BCUT2D eigenvalue weighted by Crippen LogP contribution is -2.33. The van der Waals surface area contributed by atoms with Gasteiger partial charge in [0.2, 0.25) is 0 Å². The maximum atomic E-state index is 12.3. The van der Waals surface area contributed by atoms with E-state index < -0.39 is 0 Å². The summed E-state index contributed by atoms with van der Waals surface area (Å²) in [7, 11) is 0. The SMILES string of the molecule is C[C@@H](CCc1ccccc1)NC(=O)c1n[nH]c2ccccc12. The Bertz CT molecular complexity index is 764. The smallest absolute Gasteiger partial charge is 0.272 e. The van der Waals surface area contributed by atoms with Crippen LogP contribution in [0.1, 0.15) is 29.4 Å². The van der Waals surface area contributed by atoms with Crippen molar-refractivity contribution in [1.29, 1.82) is 0 Å². The number of hydrogen-bond acceptors (Lipinski definition) is 2. The van der Waals surface area contributed by atoms with Crippen molar-refractivity contribution in [3.63, 3.8) is 0 Å². The van der Waals surface area contributed by atoms with E-state index in [0.29, 0.717) is 5.69 Å². The number of nitrogens with one attached hydrogen (secondary N) is 2. The molecule has 3 aromatic rings. The lowest BCUT2D eigenvalue weighted by atomic mass is 10.1. The molecule has 1 heterocycles. The summed E-state index contributed by atoms with van der Waals surface area (Å²) in [6.07, 6.45) is 1.85. The number of amides is 1. The zero-order valence-corrected chi connectivity index (χ0v) is 12.5. The molecule has 0 aliphatic carbocycles. The van der Waals surface area contributed by atoms with E-state index >= 15 is 0 Å². The molecule has 22 heavy (non-hydrogen) atoms. The fourth-order valence-corrected chi connectivity index (χ4v) is 2.53. The number of aromatic amines is 1. The minimum Gasteiger partial charge on any atom is -0.348 e. The van der Waals surface area contributed by atoms with Gasteiger partial charge >= 0.3 is 0 Å². The molecule has 3 rings (SSSR count). The number of fused-ring (bicyclic) bond motifs is 1. The molecule has 4 nitrogen and oxygen atoms in total. The van der Waals surface area contributed by atoms with Crippen molar-refractivity contribution in [3.05, 3.63) is 65.9 Å². The lowest BCUT2D eigenvalue weighted by Gasteiger charge is -2.13. The fraction of sp³-hybridized carbons (Fsp3) is 0.222. The van der Waals surface area contributed by atoms with Gasteiger partial charge < -0.3 is 5.32 Å². The van der Waals surface area contributed by atoms with E-state index in [1.807, 2.05) is 49.4 Å². The fourth-order valence-electron chi connectivity index (χ4n) is 2.53. The average Bonchev–Trinajstić information content (AvgIpc) is 2.98. The first kappa shape index (κ1) is 14.3. The Morgan fingerprint density at radius 3 is 2.68 bits per heavy atom. The monoisotopic (exact) mass is 293 g/mol. The predicted octanol–water partition coefficient (Wildman–Crippen LogP) is 3.31. The second-order valence-corrected chi connectivity index (χ2v) is 5.52. The first-order chi connectivity index (χ1) is 10.7. The molecule has 2 aromatic carbocycles. The van der Waals surface area contributed by atoms with E-state index in [-0.39, 0.29) is 11.9 Å². The van der Waals surface area contributed by atoms with Gasteiger partial charge in [-0.25, -0.2) is 0 Å². The summed E-state index contributed by atoms with van der Waals surface area (Å²) in [6.45, 7) is 2.02. The third-order valence-electron chi connectivity index (χ3n) is 3.77. The highest BCUT2D eigenvalue weighted by molar-refractivity contribution is 6.04. The molecule has 112 valence electrons. The molecule has 0 spiro atoms. The number of nitrogens with zero attached hydrogens (tertiary/aromatic N) is 1. The second kappa shape index (κ2) is 6.43. The molecule has 0 bridgehead atoms. The Morgan fingerprint density at radius 2 is 1.86 bits per heavy atom. The van der Waals surface area contributed by atoms with Gasteiger partial charge in [0, 0.05) is 11.4 Å². The summed E-state index contributed by atoms with van der Waals surface area (Å²) >= 11 is 0. The molecule has 1 aromatic heterocycles. The van der Waals surface area contributed by atoms with Crippen LogP contribution in [0.25, 0.3) is 10.9 Å². The van der Waals surface area contributed by atoms with E-state index in [2.05, 4.69) is 27.6 Å². The first-order valence-corrected chi connectivity index (χ1v) is 7.52. The molecule has 1 amide bonds. The van der Waals surface area contributed by atoms with Gasteiger partial charge in [-0.3, -0.25) is 9.89 Å². The molecule has 0 fully saturated rings. The molecule has 1 atom stereocenters. The largest absolute Gasteiger partial charge is 0.348 e. The molecule has 0 aliphatic rings. The molecular weight excluding hydrogens is 274 g/mol. The van der Waals surface area contributed by atoms with E-state index in [1.165, 1.54) is 5.56 Å². The summed E-state index contributed by atoms with van der Waals surface area (Å²) in [5, 5.41) is 10.9. The predicted molar refractivity (Wildman–Crippen MR) is 87.8 cm³/mol. The van der Waals surface area contributed by atoms with Crippen LogP contribution in [0.2, 0.25) is 0 Å². The van der Waals surface area contributed by atoms with E-state index in [9.17, 15) is 4.79 Å². The van der Waals surface area contributed by atoms with Gasteiger partial charge in [0.15, 0.2) is 5.69 Å². The number of hydrogen-bond donors (Lipinski definition) is 2. The Labute approximate surface area is 129 Å². The van der Waals surface area contributed by atoms with Crippen molar-refractivity contribution in [2.45, 2.75) is 25.8 Å². The van der Waals surface area contributed by atoms with Crippen LogP contribution in [0.15, 0.2) is 54.6 Å². The Balaban J connectivity index is 1.61. The van der Waals surface area contributed by atoms with Crippen LogP contribution in [0, 0.1) is 0 Å². The topological polar surface area (TPSA) is 57.8 Å². The zero-order chi connectivity index (χ0) is 15.4. The minimum atomic E-state index is -0.127. The van der Waals surface area contributed by atoms with Crippen LogP contribution in [-0.2, 0) is 6.42 Å². The lowest BCUT2D eigenvalue weighted by molar-refractivity contribution is 0.0935. The quantitative estimate of drug-likeness (QED) is 0.758. The molecule has 0 unspecified atom stereocenters. The van der Waals surface area contributed by atoms with Gasteiger partial charge in [0.1, 0.15) is 0 Å². The normalized spacial score (nSPS) is 12.2. The Hall–Kier alpha value is -2.62. The summed E-state index contributed by atoms with van der Waals surface area (Å²) in [5.41, 5.74) is 2.63. The third-order valence-corrected chi connectivity index (χ3v) is 3.77.